The minimum atomic E-state index is -0.268. The highest BCUT2D eigenvalue weighted by atomic mass is 16.6. The lowest BCUT2D eigenvalue weighted by Gasteiger charge is -2.23. The average molecular weight is 304 g/mol. The number of cyclic esters (lactones) is 1. The molecule has 0 spiro atoms. The molecule has 2 N–H and O–H groups in total. The van der Waals surface area contributed by atoms with Crippen LogP contribution in [0.1, 0.15) is 37.8 Å². The lowest BCUT2D eigenvalue weighted by molar-refractivity contribution is 0.181. The van der Waals surface area contributed by atoms with E-state index >= 15 is 0 Å². The van der Waals surface area contributed by atoms with Crippen LogP contribution in [0.4, 0.5) is 10.5 Å². The maximum absolute atomic E-state index is 11.6. The molecule has 1 saturated carbocycles. The smallest absolute Gasteiger partial charge is 0.414 e. The number of hydrogen-bond donors (Lipinski definition) is 2. The Bertz CT molecular complexity index is 513. The van der Waals surface area contributed by atoms with Gasteiger partial charge in [0.05, 0.1) is 6.54 Å². The molecule has 5 heteroatoms. The Balaban J connectivity index is 1.62. The number of nitrogens with zero attached hydrogens (tertiary/aromatic N) is 1. The van der Waals surface area contributed by atoms with Crippen molar-refractivity contribution < 1.29 is 14.6 Å². The van der Waals surface area contributed by atoms with Crippen molar-refractivity contribution in [2.75, 3.05) is 24.7 Å². The molecule has 120 valence electrons. The molecule has 1 amide bonds. The number of ether oxygens (including phenoxy) is 1. The van der Waals surface area contributed by atoms with Crippen LogP contribution in [0, 0.1) is 5.92 Å². The zero-order valence-electron chi connectivity index (χ0n) is 13.0. The van der Waals surface area contributed by atoms with Crippen LogP contribution in [0.2, 0.25) is 0 Å². The zero-order chi connectivity index (χ0) is 15.5. The quantitative estimate of drug-likeness (QED) is 0.812. The van der Waals surface area contributed by atoms with Gasteiger partial charge < -0.3 is 15.2 Å². The van der Waals surface area contributed by atoms with Crippen LogP contribution in [-0.2, 0) is 4.74 Å². The third-order valence-electron chi connectivity index (χ3n) is 4.56. The second kappa shape index (κ2) is 6.67. The third-order valence-corrected chi connectivity index (χ3v) is 4.56. The molecule has 22 heavy (non-hydrogen) atoms. The van der Waals surface area contributed by atoms with Gasteiger partial charge in [0, 0.05) is 24.4 Å². The number of carbonyl (C=O) groups excluding carboxylic acids is 1. The van der Waals surface area contributed by atoms with Gasteiger partial charge in [0.1, 0.15) is 6.61 Å². The van der Waals surface area contributed by atoms with Crippen LogP contribution in [0.5, 0.6) is 0 Å². The molecule has 1 aromatic rings. The van der Waals surface area contributed by atoms with Crippen molar-refractivity contribution in [3.8, 4) is 0 Å². The first-order chi connectivity index (χ1) is 10.7. The summed E-state index contributed by atoms with van der Waals surface area (Å²) in [6.07, 6.45) is 3.07. The fraction of sp³-hybridized carbons (Fsp3) is 0.588. The molecule has 1 heterocycles. The predicted octanol–water partition coefficient (Wildman–Crippen LogP) is 2.45. The van der Waals surface area contributed by atoms with Gasteiger partial charge in [0.2, 0.25) is 0 Å². The van der Waals surface area contributed by atoms with Gasteiger partial charge in [-0.3, -0.25) is 4.90 Å². The van der Waals surface area contributed by atoms with E-state index in [0.717, 1.165) is 12.1 Å². The number of nitrogens with one attached hydrogen (secondary N) is 1. The number of anilines is 1. The monoisotopic (exact) mass is 304 g/mol. The van der Waals surface area contributed by atoms with Crippen molar-refractivity contribution in [3.05, 3.63) is 29.8 Å². The Morgan fingerprint density at radius 3 is 2.64 bits per heavy atom. The summed E-state index contributed by atoms with van der Waals surface area (Å²) in [7, 11) is 0. The van der Waals surface area contributed by atoms with Gasteiger partial charge in [-0.1, -0.05) is 12.1 Å². The second-order valence-corrected chi connectivity index (χ2v) is 6.20. The molecule has 1 saturated heterocycles. The molecule has 5 nitrogen and oxygen atoms in total. The topological polar surface area (TPSA) is 61.8 Å². The Hall–Kier alpha value is -1.59. The molecule has 0 bridgehead atoms. The van der Waals surface area contributed by atoms with Gasteiger partial charge in [-0.2, -0.15) is 0 Å². The molecule has 1 aliphatic carbocycles. The lowest BCUT2D eigenvalue weighted by atomic mass is 10.0. The van der Waals surface area contributed by atoms with E-state index in [1.807, 2.05) is 12.1 Å². The SMILES string of the molecule is CC(NC(CCO)C1CC1)c1ccc(N2CCOC2=O)cc1. The summed E-state index contributed by atoms with van der Waals surface area (Å²) in [6, 6.07) is 8.68. The number of rotatable bonds is 7. The molecular weight excluding hydrogens is 280 g/mol. The van der Waals surface area contributed by atoms with E-state index in [1.165, 1.54) is 18.4 Å². The average Bonchev–Trinajstić information content (AvgIpc) is 3.29. The summed E-state index contributed by atoms with van der Waals surface area (Å²) >= 11 is 0. The Morgan fingerprint density at radius 1 is 1.36 bits per heavy atom. The fourth-order valence-corrected chi connectivity index (χ4v) is 3.08. The molecular formula is C17H24N2O3. The number of aliphatic hydroxyl groups excluding tert-OH is 1. The Kier molecular flexibility index (Phi) is 4.64. The van der Waals surface area contributed by atoms with Crippen molar-refractivity contribution in [2.24, 2.45) is 5.92 Å². The van der Waals surface area contributed by atoms with Crippen molar-refractivity contribution in [2.45, 2.75) is 38.3 Å². The Labute approximate surface area is 131 Å². The molecule has 2 atom stereocenters. The van der Waals surface area contributed by atoms with Gasteiger partial charge in [0.15, 0.2) is 0 Å². The van der Waals surface area contributed by atoms with Crippen molar-refractivity contribution in [1.82, 2.24) is 5.32 Å². The fourth-order valence-electron chi connectivity index (χ4n) is 3.08. The molecule has 2 unspecified atom stereocenters. The molecule has 1 aromatic carbocycles. The van der Waals surface area contributed by atoms with Gasteiger partial charge in [-0.05, 0) is 49.8 Å². The van der Waals surface area contributed by atoms with Gasteiger partial charge >= 0.3 is 6.09 Å². The first-order valence-corrected chi connectivity index (χ1v) is 8.10. The maximum atomic E-state index is 11.6. The van der Waals surface area contributed by atoms with Crippen LogP contribution in [0.15, 0.2) is 24.3 Å². The molecule has 1 aliphatic heterocycles. The minimum Gasteiger partial charge on any atom is -0.447 e. The van der Waals surface area contributed by atoms with E-state index in [-0.39, 0.29) is 18.7 Å². The summed E-state index contributed by atoms with van der Waals surface area (Å²) in [6.45, 7) is 3.46. The molecule has 2 aliphatic rings. The molecule has 3 rings (SSSR count). The zero-order valence-corrected chi connectivity index (χ0v) is 13.0. The highest BCUT2D eigenvalue weighted by Gasteiger charge is 2.31. The normalized spacial score (nSPS) is 20.8. The van der Waals surface area contributed by atoms with Crippen molar-refractivity contribution >= 4 is 11.8 Å². The third kappa shape index (κ3) is 3.42. The van der Waals surface area contributed by atoms with Gasteiger partial charge in [0.25, 0.3) is 0 Å². The minimum absolute atomic E-state index is 0.233. The highest BCUT2D eigenvalue weighted by molar-refractivity contribution is 5.89. The van der Waals surface area contributed by atoms with Crippen LogP contribution >= 0.6 is 0 Å². The molecule has 0 radical (unpaired) electrons. The number of benzene rings is 1. The van der Waals surface area contributed by atoms with Gasteiger partial charge in [-0.15, -0.1) is 0 Å². The first-order valence-electron chi connectivity index (χ1n) is 8.10. The lowest BCUT2D eigenvalue weighted by Crippen LogP contribution is -2.34. The van der Waals surface area contributed by atoms with E-state index in [4.69, 9.17) is 4.74 Å². The molecule has 2 fully saturated rings. The van der Waals surface area contributed by atoms with Crippen molar-refractivity contribution in [3.63, 3.8) is 0 Å². The predicted molar refractivity (Wildman–Crippen MR) is 84.9 cm³/mol. The van der Waals surface area contributed by atoms with Crippen LogP contribution < -0.4 is 10.2 Å². The van der Waals surface area contributed by atoms with E-state index in [2.05, 4.69) is 24.4 Å². The standard InChI is InChI=1S/C17H24N2O3/c1-12(18-16(8-10-20)14-2-3-14)13-4-6-15(7-5-13)19-9-11-22-17(19)21/h4-7,12,14,16,18,20H,2-3,8-11H2,1H3. The molecule has 0 aromatic heterocycles. The van der Waals surface area contributed by atoms with E-state index in [1.54, 1.807) is 4.90 Å². The second-order valence-electron chi connectivity index (χ2n) is 6.20. The first kappa shape index (κ1) is 15.3. The summed E-state index contributed by atoms with van der Waals surface area (Å²) in [4.78, 5) is 13.2. The van der Waals surface area contributed by atoms with Crippen LogP contribution in [0.3, 0.4) is 0 Å². The van der Waals surface area contributed by atoms with Gasteiger partial charge in [-0.25, -0.2) is 4.79 Å². The largest absolute Gasteiger partial charge is 0.447 e. The summed E-state index contributed by atoms with van der Waals surface area (Å²) in [5.74, 6) is 0.716. The number of aliphatic hydroxyl groups is 1. The highest BCUT2D eigenvalue weighted by Crippen LogP contribution is 2.35. The van der Waals surface area contributed by atoms with E-state index < -0.39 is 0 Å². The van der Waals surface area contributed by atoms with Crippen LogP contribution in [0.25, 0.3) is 0 Å². The Morgan fingerprint density at radius 2 is 2.09 bits per heavy atom. The number of carbonyl (C=O) groups is 1. The van der Waals surface area contributed by atoms with E-state index in [0.29, 0.717) is 25.1 Å². The summed E-state index contributed by atoms with van der Waals surface area (Å²) in [5, 5.41) is 12.8. The van der Waals surface area contributed by atoms with Crippen LogP contribution in [-0.4, -0.2) is 37.0 Å². The maximum Gasteiger partial charge on any atom is 0.414 e. The van der Waals surface area contributed by atoms with Crippen molar-refractivity contribution in [1.29, 1.82) is 0 Å². The summed E-state index contributed by atoms with van der Waals surface area (Å²) < 4.78 is 4.96. The number of amides is 1. The summed E-state index contributed by atoms with van der Waals surface area (Å²) in [5.41, 5.74) is 2.08. The number of hydrogen-bond acceptors (Lipinski definition) is 4. The van der Waals surface area contributed by atoms with E-state index in [9.17, 15) is 9.90 Å².